The standard InChI is InChI=1S/C27H29ClF2N6O4/c1-35-24(17-5-6-19(40-2)22(30)21(17)29)23(34-26(35)25(32)38)14-3-4-16(18(28)13-14)27(39)36-11-8-15(9-12-36)33-20(37)7-10-31/h3-6,13,15H,7-12,31H2,1-2H3,(H2,32,38)(H,33,37). The first kappa shape index (κ1) is 29.0. The SMILES string of the molecule is COc1ccc(-c2c(-c3ccc(C(=O)N4CCC(NC(=O)CCN)CC4)c(Cl)c3)nc(C(N)=O)n2C)c(F)c1F. The third-order valence-corrected chi connectivity index (χ3v) is 7.14. The topological polar surface area (TPSA) is 146 Å². The number of amides is 3. The molecule has 0 saturated carbocycles. The number of nitrogens with two attached hydrogens (primary N) is 2. The van der Waals surface area contributed by atoms with Gasteiger partial charge >= 0.3 is 0 Å². The van der Waals surface area contributed by atoms with E-state index in [2.05, 4.69) is 10.3 Å². The van der Waals surface area contributed by atoms with Crippen LogP contribution in [-0.4, -0.2) is 65.0 Å². The number of imidazole rings is 1. The number of piperidine rings is 1. The lowest BCUT2D eigenvalue weighted by atomic mass is 10.0. The number of ether oxygens (including phenoxy) is 1. The van der Waals surface area contributed by atoms with Gasteiger partial charge in [-0.2, -0.15) is 4.39 Å². The molecule has 1 aliphatic heterocycles. The fraction of sp³-hybridized carbons (Fsp3) is 0.333. The van der Waals surface area contributed by atoms with Crippen molar-refractivity contribution in [1.82, 2.24) is 19.8 Å². The Balaban J connectivity index is 1.63. The molecule has 0 bridgehead atoms. The van der Waals surface area contributed by atoms with Crippen molar-refractivity contribution in [2.75, 3.05) is 26.7 Å². The molecule has 13 heteroatoms. The summed E-state index contributed by atoms with van der Waals surface area (Å²) in [6, 6.07) is 7.09. The molecule has 1 fully saturated rings. The molecule has 212 valence electrons. The number of rotatable bonds is 8. The van der Waals surface area contributed by atoms with Gasteiger partial charge in [-0.3, -0.25) is 14.4 Å². The monoisotopic (exact) mass is 574 g/mol. The normalized spacial score (nSPS) is 13.8. The number of nitrogens with zero attached hydrogens (tertiary/aromatic N) is 3. The number of carbonyl (C=O) groups is 3. The fourth-order valence-electron chi connectivity index (χ4n) is 4.76. The number of hydrogen-bond donors (Lipinski definition) is 3. The Kier molecular flexibility index (Phi) is 8.70. The van der Waals surface area contributed by atoms with E-state index >= 15 is 4.39 Å². The molecule has 40 heavy (non-hydrogen) atoms. The Morgan fingerprint density at radius 1 is 1.15 bits per heavy atom. The Morgan fingerprint density at radius 3 is 2.45 bits per heavy atom. The Hall–Kier alpha value is -4.03. The summed E-state index contributed by atoms with van der Waals surface area (Å²) in [6.45, 7) is 1.13. The molecule has 10 nitrogen and oxygen atoms in total. The molecular weight excluding hydrogens is 546 g/mol. The number of nitrogens with one attached hydrogen (secondary N) is 1. The minimum absolute atomic E-state index is 0.0360. The van der Waals surface area contributed by atoms with Crippen LogP contribution in [0.5, 0.6) is 5.75 Å². The highest BCUT2D eigenvalue weighted by Gasteiger charge is 2.28. The Morgan fingerprint density at radius 2 is 1.85 bits per heavy atom. The molecule has 3 aromatic rings. The maximum atomic E-state index is 15.1. The molecule has 1 aromatic heterocycles. The maximum Gasteiger partial charge on any atom is 0.284 e. The number of aromatic nitrogens is 2. The van der Waals surface area contributed by atoms with Crippen LogP contribution in [0.3, 0.4) is 0 Å². The second kappa shape index (κ2) is 12.0. The average molecular weight is 575 g/mol. The van der Waals surface area contributed by atoms with Gasteiger partial charge in [0.2, 0.25) is 11.7 Å². The first-order valence-corrected chi connectivity index (χ1v) is 12.9. The van der Waals surface area contributed by atoms with Crippen LogP contribution < -0.4 is 21.5 Å². The summed E-state index contributed by atoms with van der Waals surface area (Å²) in [5.41, 5.74) is 11.5. The smallest absolute Gasteiger partial charge is 0.284 e. The Labute approximate surface area is 234 Å². The number of carbonyl (C=O) groups excluding carboxylic acids is 3. The number of likely N-dealkylation sites (tertiary alicyclic amines) is 1. The summed E-state index contributed by atoms with van der Waals surface area (Å²) in [5, 5.41) is 3.03. The van der Waals surface area contributed by atoms with Crippen molar-refractivity contribution in [2.45, 2.75) is 25.3 Å². The minimum Gasteiger partial charge on any atom is -0.494 e. The Bertz CT molecular complexity index is 1470. The summed E-state index contributed by atoms with van der Waals surface area (Å²) >= 11 is 6.54. The van der Waals surface area contributed by atoms with E-state index in [4.69, 9.17) is 27.8 Å². The van der Waals surface area contributed by atoms with Gasteiger partial charge in [-0.05, 0) is 37.1 Å². The summed E-state index contributed by atoms with van der Waals surface area (Å²) in [4.78, 5) is 43.0. The van der Waals surface area contributed by atoms with Crippen LogP contribution in [0.4, 0.5) is 8.78 Å². The minimum atomic E-state index is -1.20. The van der Waals surface area contributed by atoms with Crippen molar-refractivity contribution in [3.63, 3.8) is 0 Å². The van der Waals surface area contributed by atoms with E-state index in [9.17, 15) is 18.8 Å². The van der Waals surface area contributed by atoms with E-state index in [0.717, 1.165) is 0 Å². The van der Waals surface area contributed by atoms with Gasteiger partial charge in [-0.15, -0.1) is 0 Å². The number of benzene rings is 2. The molecule has 2 aromatic carbocycles. The van der Waals surface area contributed by atoms with Gasteiger partial charge in [-0.25, -0.2) is 9.37 Å². The molecule has 2 heterocycles. The first-order valence-electron chi connectivity index (χ1n) is 12.5. The van der Waals surface area contributed by atoms with Gasteiger partial charge < -0.3 is 31.0 Å². The fourth-order valence-corrected chi connectivity index (χ4v) is 5.03. The lowest BCUT2D eigenvalue weighted by molar-refractivity contribution is -0.121. The van der Waals surface area contributed by atoms with Crippen molar-refractivity contribution in [1.29, 1.82) is 0 Å². The van der Waals surface area contributed by atoms with E-state index in [-0.39, 0.29) is 69.9 Å². The van der Waals surface area contributed by atoms with Crippen LogP contribution in [0, 0.1) is 11.6 Å². The number of hydrogen-bond acceptors (Lipinski definition) is 6. The molecule has 4 rings (SSSR count). The van der Waals surface area contributed by atoms with E-state index in [1.165, 1.54) is 43.0 Å². The average Bonchev–Trinajstić information content (AvgIpc) is 3.27. The van der Waals surface area contributed by atoms with E-state index < -0.39 is 17.5 Å². The van der Waals surface area contributed by atoms with E-state index in [1.807, 2.05) is 0 Å². The highest BCUT2D eigenvalue weighted by atomic mass is 35.5. The van der Waals surface area contributed by atoms with Crippen LogP contribution in [0.2, 0.25) is 5.02 Å². The molecule has 0 atom stereocenters. The predicted molar refractivity (Wildman–Crippen MR) is 145 cm³/mol. The van der Waals surface area contributed by atoms with Gasteiger partial charge in [0.05, 0.1) is 29.1 Å². The number of primary amides is 1. The molecule has 1 aliphatic rings. The van der Waals surface area contributed by atoms with Crippen LogP contribution >= 0.6 is 11.6 Å². The molecule has 5 N–H and O–H groups in total. The third-order valence-electron chi connectivity index (χ3n) is 6.83. The van der Waals surface area contributed by atoms with Gasteiger partial charge in [-0.1, -0.05) is 17.7 Å². The van der Waals surface area contributed by atoms with Crippen LogP contribution in [-0.2, 0) is 11.8 Å². The summed E-state index contributed by atoms with van der Waals surface area (Å²) in [7, 11) is 2.67. The summed E-state index contributed by atoms with van der Waals surface area (Å²) in [5.74, 6) is -4.13. The lowest BCUT2D eigenvalue weighted by Crippen LogP contribution is -2.46. The van der Waals surface area contributed by atoms with Crippen molar-refractivity contribution in [3.8, 4) is 28.3 Å². The number of methoxy groups -OCH3 is 1. The van der Waals surface area contributed by atoms with Gasteiger partial charge in [0.1, 0.15) is 0 Å². The first-order chi connectivity index (χ1) is 19.1. The molecule has 0 aliphatic carbocycles. The molecule has 3 amide bonds. The molecule has 0 spiro atoms. The second-order valence-electron chi connectivity index (χ2n) is 9.37. The van der Waals surface area contributed by atoms with E-state index in [0.29, 0.717) is 31.5 Å². The van der Waals surface area contributed by atoms with Crippen molar-refractivity contribution >= 4 is 29.3 Å². The van der Waals surface area contributed by atoms with Gasteiger partial charge in [0.15, 0.2) is 17.4 Å². The van der Waals surface area contributed by atoms with Gasteiger partial charge in [0, 0.05) is 50.3 Å². The molecular formula is C27H29ClF2N6O4. The lowest BCUT2D eigenvalue weighted by Gasteiger charge is -2.32. The van der Waals surface area contributed by atoms with Gasteiger partial charge in [0.25, 0.3) is 11.8 Å². The number of halogens is 3. The largest absolute Gasteiger partial charge is 0.494 e. The summed E-state index contributed by atoms with van der Waals surface area (Å²) < 4.78 is 35.8. The third kappa shape index (κ3) is 5.63. The molecule has 0 unspecified atom stereocenters. The molecule has 0 radical (unpaired) electrons. The maximum absolute atomic E-state index is 15.1. The summed E-state index contributed by atoms with van der Waals surface area (Å²) in [6.07, 6.45) is 1.43. The molecule has 1 saturated heterocycles. The van der Waals surface area contributed by atoms with Crippen LogP contribution in [0.1, 0.15) is 40.2 Å². The van der Waals surface area contributed by atoms with Crippen molar-refractivity contribution in [3.05, 3.63) is 58.4 Å². The zero-order valence-electron chi connectivity index (χ0n) is 22.0. The van der Waals surface area contributed by atoms with E-state index in [1.54, 1.807) is 11.0 Å². The zero-order valence-corrected chi connectivity index (χ0v) is 22.7. The zero-order chi connectivity index (χ0) is 29.1. The highest BCUT2D eigenvalue weighted by Crippen LogP contribution is 2.37. The second-order valence-corrected chi connectivity index (χ2v) is 9.77. The quantitative estimate of drug-likeness (QED) is 0.377. The van der Waals surface area contributed by atoms with Crippen LogP contribution in [0.25, 0.3) is 22.5 Å². The van der Waals surface area contributed by atoms with Crippen LogP contribution in [0.15, 0.2) is 30.3 Å². The van der Waals surface area contributed by atoms with Crippen molar-refractivity contribution in [2.24, 2.45) is 18.5 Å². The predicted octanol–water partition coefficient (Wildman–Crippen LogP) is 2.86. The highest BCUT2D eigenvalue weighted by molar-refractivity contribution is 6.34. The van der Waals surface area contributed by atoms with Crippen molar-refractivity contribution < 1.29 is 27.9 Å².